The molecule has 1 N–H and O–H groups in total. The summed E-state index contributed by atoms with van der Waals surface area (Å²) in [6, 6.07) is 20.1. The van der Waals surface area contributed by atoms with Crippen LogP contribution in [0.1, 0.15) is 21.5 Å². The molecule has 3 aromatic rings. The van der Waals surface area contributed by atoms with Crippen molar-refractivity contribution in [2.45, 2.75) is 13.0 Å². The maximum absolute atomic E-state index is 13.7. The normalized spacial score (nSPS) is 10.4. The first-order valence-corrected chi connectivity index (χ1v) is 10.1. The third-order valence-electron chi connectivity index (χ3n) is 4.90. The van der Waals surface area contributed by atoms with Crippen LogP contribution in [0.15, 0.2) is 72.8 Å². The number of methoxy groups -OCH3 is 1. The molecule has 1 amide bonds. The van der Waals surface area contributed by atoms with Crippen LogP contribution in [0.4, 0.5) is 4.39 Å². The number of ether oxygens (including phenoxy) is 2. The first-order chi connectivity index (χ1) is 15.5. The summed E-state index contributed by atoms with van der Waals surface area (Å²) in [7, 11) is 1.58. The van der Waals surface area contributed by atoms with Gasteiger partial charge < -0.3 is 19.5 Å². The van der Waals surface area contributed by atoms with Crippen LogP contribution in [0.2, 0.25) is 0 Å². The van der Waals surface area contributed by atoms with E-state index in [4.69, 9.17) is 9.47 Å². The smallest absolute Gasteiger partial charge is 0.323 e. The maximum Gasteiger partial charge on any atom is 0.323 e. The van der Waals surface area contributed by atoms with Crippen molar-refractivity contribution in [1.82, 2.24) is 4.90 Å². The topological polar surface area (TPSA) is 76.1 Å². The van der Waals surface area contributed by atoms with E-state index in [-0.39, 0.29) is 24.9 Å². The summed E-state index contributed by atoms with van der Waals surface area (Å²) in [4.78, 5) is 25.5. The molecule has 0 unspecified atom stereocenters. The van der Waals surface area contributed by atoms with Crippen LogP contribution in [0, 0.1) is 5.82 Å². The zero-order valence-electron chi connectivity index (χ0n) is 17.7. The Morgan fingerprint density at radius 1 is 0.938 bits per heavy atom. The predicted octanol–water partition coefficient (Wildman–Crippen LogP) is 4.18. The minimum atomic E-state index is -1.09. The summed E-state index contributed by atoms with van der Waals surface area (Å²) in [5, 5.41) is 9.23. The van der Waals surface area contributed by atoms with Crippen molar-refractivity contribution in [3.05, 3.63) is 95.3 Å². The Morgan fingerprint density at radius 3 is 2.22 bits per heavy atom. The van der Waals surface area contributed by atoms with Crippen LogP contribution in [0.25, 0.3) is 0 Å². The molecule has 0 heterocycles. The summed E-state index contributed by atoms with van der Waals surface area (Å²) in [6.07, 6.45) is 0.507. The number of carboxylic acids is 1. The SMILES string of the molecule is COc1ccc(CCN(CC(=O)O)C(=O)c2ccc(OCc3ccccc3F)cc2)cc1. The average Bonchev–Trinajstić information content (AvgIpc) is 2.81. The lowest BCUT2D eigenvalue weighted by Crippen LogP contribution is -2.37. The number of benzene rings is 3. The standard InChI is InChI=1S/C25H24FNO5/c1-31-21-10-6-18(7-11-21)14-15-27(16-24(28)29)25(30)19-8-12-22(13-9-19)32-17-20-4-2-3-5-23(20)26/h2-13H,14-17H2,1H3,(H,28,29). The molecule has 0 radical (unpaired) electrons. The molecule has 0 aliphatic rings. The Bertz CT molecular complexity index is 1050. The Kier molecular flexibility index (Phi) is 7.80. The van der Waals surface area contributed by atoms with Crippen LogP contribution >= 0.6 is 0 Å². The first-order valence-electron chi connectivity index (χ1n) is 10.1. The highest BCUT2D eigenvalue weighted by Gasteiger charge is 2.18. The second-order valence-corrected chi connectivity index (χ2v) is 7.12. The summed E-state index contributed by atoms with van der Waals surface area (Å²) < 4.78 is 24.4. The molecule has 32 heavy (non-hydrogen) atoms. The second-order valence-electron chi connectivity index (χ2n) is 7.12. The van der Waals surface area contributed by atoms with Gasteiger partial charge in [0.2, 0.25) is 0 Å². The molecule has 0 atom stereocenters. The van der Waals surface area contributed by atoms with Gasteiger partial charge >= 0.3 is 5.97 Å². The molecule has 0 saturated heterocycles. The second kappa shape index (κ2) is 10.9. The van der Waals surface area contributed by atoms with Crippen molar-refractivity contribution < 1.29 is 28.6 Å². The molecule has 0 bridgehead atoms. The Labute approximate surface area is 185 Å². The van der Waals surface area contributed by atoms with Crippen LogP contribution < -0.4 is 9.47 Å². The van der Waals surface area contributed by atoms with Crippen molar-refractivity contribution in [1.29, 1.82) is 0 Å². The molecule has 0 fully saturated rings. The van der Waals surface area contributed by atoms with Crippen molar-refractivity contribution in [2.75, 3.05) is 20.2 Å². The lowest BCUT2D eigenvalue weighted by Gasteiger charge is -2.21. The fourth-order valence-electron chi connectivity index (χ4n) is 3.12. The third kappa shape index (κ3) is 6.31. The Balaban J connectivity index is 1.63. The van der Waals surface area contributed by atoms with Crippen molar-refractivity contribution in [3.8, 4) is 11.5 Å². The highest BCUT2D eigenvalue weighted by molar-refractivity contribution is 5.96. The molecule has 166 valence electrons. The molecular formula is C25H24FNO5. The van der Waals surface area contributed by atoms with Crippen LogP contribution in [0.5, 0.6) is 11.5 Å². The molecule has 0 spiro atoms. The van der Waals surface area contributed by atoms with E-state index < -0.39 is 12.5 Å². The van der Waals surface area contributed by atoms with E-state index in [2.05, 4.69) is 0 Å². The lowest BCUT2D eigenvalue weighted by atomic mass is 10.1. The van der Waals surface area contributed by atoms with E-state index in [1.54, 1.807) is 49.6 Å². The number of carbonyl (C=O) groups excluding carboxylic acids is 1. The van der Waals surface area contributed by atoms with Crippen LogP contribution in [0.3, 0.4) is 0 Å². The van der Waals surface area contributed by atoms with Crippen molar-refractivity contribution in [2.24, 2.45) is 0 Å². The summed E-state index contributed by atoms with van der Waals surface area (Å²) in [5.41, 5.74) is 1.74. The predicted molar refractivity (Wildman–Crippen MR) is 117 cm³/mol. The number of hydrogen-bond acceptors (Lipinski definition) is 4. The number of halogens is 1. The van der Waals surface area contributed by atoms with E-state index in [0.717, 1.165) is 11.3 Å². The fourth-order valence-corrected chi connectivity index (χ4v) is 3.12. The number of amides is 1. The van der Waals surface area contributed by atoms with Crippen LogP contribution in [-0.4, -0.2) is 42.1 Å². The minimum Gasteiger partial charge on any atom is -0.497 e. The van der Waals surface area contributed by atoms with Gasteiger partial charge in [0.25, 0.3) is 5.91 Å². The largest absolute Gasteiger partial charge is 0.497 e. The molecule has 0 aliphatic heterocycles. The van der Waals surface area contributed by atoms with Gasteiger partial charge in [-0.3, -0.25) is 9.59 Å². The molecule has 3 aromatic carbocycles. The number of rotatable bonds is 10. The minimum absolute atomic E-state index is 0.0625. The summed E-state index contributed by atoms with van der Waals surface area (Å²) in [5.74, 6) is -0.614. The molecule has 0 saturated carbocycles. The third-order valence-corrected chi connectivity index (χ3v) is 4.90. The maximum atomic E-state index is 13.7. The van der Waals surface area contributed by atoms with E-state index in [9.17, 15) is 19.1 Å². The van der Waals surface area contributed by atoms with E-state index in [1.165, 1.54) is 11.0 Å². The number of carbonyl (C=O) groups is 2. The monoisotopic (exact) mass is 437 g/mol. The quantitative estimate of drug-likeness (QED) is 0.515. The van der Waals surface area contributed by atoms with Gasteiger partial charge in [-0.15, -0.1) is 0 Å². The number of carboxylic acid groups (broad SMARTS) is 1. The van der Waals surface area contributed by atoms with Gasteiger partial charge in [-0.2, -0.15) is 0 Å². The zero-order chi connectivity index (χ0) is 22.9. The Hall–Kier alpha value is -3.87. The van der Waals surface area contributed by atoms with E-state index in [1.807, 2.05) is 24.3 Å². The van der Waals surface area contributed by atoms with Gasteiger partial charge in [-0.25, -0.2) is 4.39 Å². The van der Waals surface area contributed by atoms with E-state index >= 15 is 0 Å². The van der Waals surface area contributed by atoms with Crippen LogP contribution in [-0.2, 0) is 17.8 Å². The lowest BCUT2D eigenvalue weighted by molar-refractivity contribution is -0.137. The van der Waals surface area contributed by atoms with Gasteiger partial charge in [-0.05, 0) is 54.4 Å². The van der Waals surface area contributed by atoms with Crippen molar-refractivity contribution in [3.63, 3.8) is 0 Å². The molecule has 0 aliphatic carbocycles. The molecular weight excluding hydrogens is 413 g/mol. The van der Waals surface area contributed by atoms with Gasteiger partial charge in [0.05, 0.1) is 7.11 Å². The highest BCUT2D eigenvalue weighted by atomic mass is 19.1. The Morgan fingerprint density at radius 2 is 1.59 bits per heavy atom. The number of nitrogens with zero attached hydrogens (tertiary/aromatic N) is 1. The van der Waals surface area contributed by atoms with Gasteiger partial charge in [0.15, 0.2) is 0 Å². The highest BCUT2D eigenvalue weighted by Crippen LogP contribution is 2.17. The molecule has 0 aromatic heterocycles. The van der Waals surface area contributed by atoms with Crippen molar-refractivity contribution >= 4 is 11.9 Å². The van der Waals surface area contributed by atoms with Gasteiger partial charge in [0, 0.05) is 17.7 Å². The number of aliphatic carboxylic acids is 1. The van der Waals surface area contributed by atoms with Gasteiger partial charge in [-0.1, -0.05) is 30.3 Å². The van der Waals surface area contributed by atoms with Gasteiger partial charge in [0.1, 0.15) is 30.5 Å². The zero-order valence-corrected chi connectivity index (χ0v) is 17.7. The summed E-state index contributed by atoms with van der Waals surface area (Å²) >= 11 is 0. The fraction of sp³-hybridized carbons (Fsp3) is 0.200. The molecule has 3 rings (SSSR count). The summed E-state index contributed by atoms with van der Waals surface area (Å²) in [6.45, 7) is -0.0868. The van der Waals surface area contributed by atoms with E-state index in [0.29, 0.717) is 23.3 Å². The number of hydrogen-bond donors (Lipinski definition) is 1. The average molecular weight is 437 g/mol. The molecule has 6 nitrogen and oxygen atoms in total. The molecule has 7 heteroatoms. The first kappa shape index (κ1) is 22.8.